The number of nitrogens with one attached hydrogen (secondary N) is 1. The number of aliphatic hydroxyl groups is 1. The number of nitrogens with zero attached hydrogens (tertiary/aromatic N) is 2. The first kappa shape index (κ1) is 22.3. The summed E-state index contributed by atoms with van der Waals surface area (Å²) in [6, 6.07) is 9.05. The molecule has 0 aliphatic carbocycles. The largest absolute Gasteiger partial charge is 0.480 e. The number of carbonyl (C=O) groups is 1. The zero-order valence-corrected chi connectivity index (χ0v) is 18.2. The molecular weight excluding hydrogens is 460 g/mol. The number of aromatic nitrogens is 2. The molecule has 0 bridgehead atoms. The second-order valence-electron chi connectivity index (χ2n) is 7.23. The van der Waals surface area contributed by atoms with E-state index < -0.39 is 18.0 Å². The van der Waals surface area contributed by atoms with Crippen molar-refractivity contribution >= 4 is 34.7 Å². The number of hydrogen-bond acceptors (Lipinski definition) is 6. The molecule has 7 nitrogen and oxygen atoms in total. The van der Waals surface area contributed by atoms with Crippen LogP contribution in [0.1, 0.15) is 30.4 Å². The number of aliphatic hydroxyl groups excluding tert-OH is 1. The van der Waals surface area contributed by atoms with Crippen LogP contribution < -0.4 is 10.1 Å². The van der Waals surface area contributed by atoms with E-state index in [1.165, 1.54) is 12.1 Å². The lowest BCUT2D eigenvalue weighted by Crippen LogP contribution is -2.41. The van der Waals surface area contributed by atoms with E-state index in [0.717, 1.165) is 0 Å². The van der Waals surface area contributed by atoms with Crippen molar-refractivity contribution < 1.29 is 23.4 Å². The Labute approximate surface area is 192 Å². The van der Waals surface area contributed by atoms with Crippen LogP contribution in [0.3, 0.4) is 0 Å². The van der Waals surface area contributed by atoms with E-state index in [9.17, 15) is 14.3 Å². The predicted octanol–water partition coefficient (Wildman–Crippen LogP) is 4.59. The van der Waals surface area contributed by atoms with E-state index in [4.69, 9.17) is 32.4 Å². The molecule has 3 aromatic rings. The topological polar surface area (TPSA) is 97.5 Å². The van der Waals surface area contributed by atoms with Crippen LogP contribution in [0.2, 0.25) is 10.0 Å². The van der Waals surface area contributed by atoms with Crippen molar-refractivity contribution in [2.45, 2.75) is 25.0 Å². The van der Waals surface area contributed by atoms with Gasteiger partial charge in [-0.1, -0.05) is 29.8 Å². The smallest absolute Gasteiger partial charge is 0.261 e. The maximum atomic E-state index is 13.6. The minimum absolute atomic E-state index is 0.00427. The van der Waals surface area contributed by atoms with E-state index >= 15 is 0 Å². The molecule has 2 atom stereocenters. The Bertz CT molecular complexity index is 1180. The van der Waals surface area contributed by atoms with Crippen molar-refractivity contribution in [3.8, 4) is 17.2 Å². The summed E-state index contributed by atoms with van der Waals surface area (Å²) in [5.41, 5.74) is 1.45. The van der Waals surface area contributed by atoms with Crippen molar-refractivity contribution in [2.75, 3.05) is 6.54 Å². The highest BCUT2D eigenvalue weighted by Gasteiger charge is 2.31. The first-order valence-electron chi connectivity index (χ1n) is 9.71. The van der Waals surface area contributed by atoms with Crippen molar-refractivity contribution in [1.29, 1.82) is 0 Å². The van der Waals surface area contributed by atoms with Gasteiger partial charge in [0.25, 0.3) is 5.91 Å². The molecule has 1 aromatic heterocycles. The number of benzene rings is 2. The van der Waals surface area contributed by atoms with Crippen LogP contribution in [0.5, 0.6) is 5.75 Å². The Kier molecular flexibility index (Phi) is 6.45. The monoisotopic (exact) mass is 477 g/mol. The highest BCUT2D eigenvalue weighted by Crippen LogP contribution is 2.36. The normalized spacial score (nSPS) is 17.4. The van der Waals surface area contributed by atoms with Crippen molar-refractivity contribution in [2.24, 2.45) is 0 Å². The van der Waals surface area contributed by atoms with Crippen LogP contribution in [0.4, 0.5) is 4.39 Å². The molecule has 2 aromatic carbocycles. The Morgan fingerprint density at radius 3 is 2.84 bits per heavy atom. The highest BCUT2D eigenvalue weighted by atomic mass is 35.5. The SMILES string of the molecule is C=C(CCNC(=O)C1CC(O)c2cc(Cl)ccc2O1)c1nnc(-c2ccc(Cl)c(F)c2)o1. The molecule has 0 fully saturated rings. The van der Waals surface area contributed by atoms with Crippen LogP contribution in [0, 0.1) is 5.82 Å². The molecule has 1 aliphatic heterocycles. The van der Waals surface area contributed by atoms with Gasteiger partial charge in [-0.15, -0.1) is 10.2 Å². The van der Waals surface area contributed by atoms with Gasteiger partial charge in [-0.05, 0) is 42.8 Å². The lowest BCUT2D eigenvalue weighted by molar-refractivity contribution is -0.130. The van der Waals surface area contributed by atoms with Gasteiger partial charge in [-0.2, -0.15) is 0 Å². The molecule has 2 heterocycles. The summed E-state index contributed by atoms with van der Waals surface area (Å²) >= 11 is 11.6. The van der Waals surface area contributed by atoms with Gasteiger partial charge in [0.15, 0.2) is 6.10 Å². The maximum absolute atomic E-state index is 13.6. The average Bonchev–Trinajstić information content (AvgIpc) is 3.26. The molecule has 2 N–H and O–H groups in total. The lowest BCUT2D eigenvalue weighted by Gasteiger charge is -2.28. The summed E-state index contributed by atoms with van der Waals surface area (Å²) < 4.78 is 24.9. The predicted molar refractivity (Wildman–Crippen MR) is 117 cm³/mol. The fraction of sp³-hybridized carbons (Fsp3) is 0.227. The van der Waals surface area contributed by atoms with Crippen LogP contribution in [0.25, 0.3) is 17.0 Å². The van der Waals surface area contributed by atoms with Gasteiger partial charge in [0.1, 0.15) is 11.6 Å². The minimum atomic E-state index is -0.849. The molecular formula is C22H18Cl2FN3O4. The Morgan fingerprint density at radius 2 is 2.06 bits per heavy atom. The molecule has 1 aliphatic rings. The molecule has 32 heavy (non-hydrogen) atoms. The minimum Gasteiger partial charge on any atom is -0.480 e. The second kappa shape index (κ2) is 9.28. The van der Waals surface area contributed by atoms with Gasteiger partial charge in [-0.25, -0.2) is 4.39 Å². The third-order valence-corrected chi connectivity index (χ3v) is 5.49. The van der Waals surface area contributed by atoms with Crippen LogP contribution in [-0.2, 0) is 4.79 Å². The average molecular weight is 478 g/mol. The number of carbonyl (C=O) groups excluding carboxylic acids is 1. The Balaban J connectivity index is 1.31. The third kappa shape index (κ3) is 4.77. The highest BCUT2D eigenvalue weighted by molar-refractivity contribution is 6.31. The molecule has 0 saturated heterocycles. The molecule has 166 valence electrons. The number of ether oxygens (including phenoxy) is 1. The molecule has 4 rings (SSSR count). The molecule has 10 heteroatoms. The van der Waals surface area contributed by atoms with Gasteiger partial charge in [-0.3, -0.25) is 4.79 Å². The Hall–Kier alpha value is -2.94. The standard InChI is InChI=1S/C22H18Cl2FN3O4/c1-11(21-27-28-22(32-21)12-2-4-15(24)16(25)8-12)6-7-26-20(30)19-10-17(29)14-9-13(23)3-5-18(14)31-19/h2-5,8-9,17,19,29H,1,6-7,10H2,(H,26,30). The number of fused-ring (bicyclic) bond motifs is 1. The summed E-state index contributed by atoms with van der Waals surface area (Å²) in [5.74, 6) is -0.217. The van der Waals surface area contributed by atoms with Gasteiger partial charge in [0, 0.05) is 34.7 Å². The molecule has 0 radical (unpaired) electrons. The number of rotatable bonds is 6. The second-order valence-corrected chi connectivity index (χ2v) is 8.07. The fourth-order valence-corrected chi connectivity index (χ4v) is 3.55. The van der Waals surface area contributed by atoms with E-state index in [1.54, 1.807) is 24.3 Å². The van der Waals surface area contributed by atoms with E-state index in [0.29, 0.717) is 33.9 Å². The quantitative estimate of drug-likeness (QED) is 0.538. The van der Waals surface area contributed by atoms with Crippen LogP contribution >= 0.6 is 23.2 Å². The third-order valence-electron chi connectivity index (χ3n) is 4.95. The summed E-state index contributed by atoms with van der Waals surface area (Å²) in [6.45, 7) is 4.14. The van der Waals surface area contributed by atoms with E-state index in [1.807, 2.05) is 0 Å². The summed E-state index contributed by atoms with van der Waals surface area (Å²) in [7, 11) is 0. The zero-order valence-electron chi connectivity index (χ0n) is 16.6. The van der Waals surface area contributed by atoms with E-state index in [-0.39, 0.29) is 35.7 Å². The van der Waals surface area contributed by atoms with Gasteiger partial charge in [0.05, 0.1) is 11.1 Å². The number of amides is 1. The first-order chi connectivity index (χ1) is 15.3. The number of hydrogen-bond donors (Lipinski definition) is 2. The molecule has 0 spiro atoms. The lowest BCUT2D eigenvalue weighted by atomic mass is 9.98. The van der Waals surface area contributed by atoms with Gasteiger partial charge in [0.2, 0.25) is 11.8 Å². The van der Waals surface area contributed by atoms with Gasteiger partial charge < -0.3 is 19.6 Å². The summed E-state index contributed by atoms with van der Waals surface area (Å²) in [6.07, 6.45) is -1.23. The van der Waals surface area contributed by atoms with Gasteiger partial charge >= 0.3 is 0 Å². The van der Waals surface area contributed by atoms with Crippen molar-refractivity contribution in [3.05, 3.63) is 70.3 Å². The van der Waals surface area contributed by atoms with Crippen LogP contribution in [-0.4, -0.2) is 33.9 Å². The molecule has 0 saturated carbocycles. The maximum Gasteiger partial charge on any atom is 0.261 e. The van der Waals surface area contributed by atoms with Crippen molar-refractivity contribution in [1.82, 2.24) is 15.5 Å². The Morgan fingerprint density at radius 1 is 1.25 bits per heavy atom. The molecule has 2 unspecified atom stereocenters. The first-order valence-corrected chi connectivity index (χ1v) is 10.5. The van der Waals surface area contributed by atoms with E-state index in [2.05, 4.69) is 22.1 Å². The van der Waals surface area contributed by atoms with Crippen LogP contribution in [0.15, 0.2) is 47.4 Å². The number of halogens is 3. The summed E-state index contributed by atoms with van der Waals surface area (Å²) in [4.78, 5) is 12.5. The van der Waals surface area contributed by atoms with Crippen molar-refractivity contribution in [3.63, 3.8) is 0 Å². The summed E-state index contributed by atoms with van der Waals surface area (Å²) in [5, 5.41) is 21.4. The molecule has 1 amide bonds. The fourth-order valence-electron chi connectivity index (χ4n) is 3.25. The zero-order chi connectivity index (χ0) is 22.8.